The Morgan fingerprint density at radius 2 is 2.10 bits per heavy atom. The number of hydrogen-bond donors (Lipinski definition) is 2. The first-order valence-corrected chi connectivity index (χ1v) is 7.62. The van der Waals surface area contributed by atoms with E-state index in [-0.39, 0.29) is 11.9 Å². The number of para-hydroxylation sites is 1. The van der Waals surface area contributed by atoms with Crippen LogP contribution < -0.4 is 10.6 Å². The first-order chi connectivity index (χ1) is 10.2. The third-order valence-corrected chi connectivity index (χ3v) is 3.55. The van der Waals surface area contributed by atoms with Gasteiger partial charge in [0.25, 0.3) is 0 Å². The Labute approximate surface area is 125 Å². The van der Waals surface area contributed by atoms with Crippen LogP contribution in [0.25, 0.3) is 10.9 Å². The van der Waals surface area contributed by atoms with Crippen LogP contribution in [-0.2, 0) is 17.9 Å². The summed E-state index contributed by atoms with van der Waals surface area (Å²) >= 11 is 0. The fourth-order valence-electron chi connectivity index (χ4n) is 2.31. The molecule has 1 unspecified atom stereocenters. The van der Waals surface area contributed by atoms with Gasteiger partial charge < -0.3 is 10.6 Å². The van der Waals surface area contributed by atoms with Crippen molar-refractivity contribution in [2.75, 3.05) is 6.54 Å². The third-order valence-electron chi connectivity index (χ3n) is 3.55. The SMILES string of the molecule is CCCNC(=O)C(C)NCc1nn(CC)c2ccccc12. The zero-order valence-electron chi connectivity index (χ0n) is 13.0. The Bertz CT molecular complexity index is 605. The van der Waals surface area contributed by atoms with Gasteiger partial charge in [-0.3, -0.25) is 9.48 Å². The lowest BCUT2D eigenvalue weighted by Gasteiger charge is -2.12. The molecule has 0 aliphatic carbocycles. The van der Waals surface area contributed by atoms with E-state index in [1.165, 1.54) is 0 Å². The van der Waals surface area contributed by atoms with Gasteiger partial charge in [0, 0.05) is 25.0 Å². The number of nitrogens with one attached hydrogen (secondary N) is 2. The number of aromatic nitrogens is 2. The Morgan fingerprint density at radius 3 is 2.81 bits per heavy atom. The molecule has 1 heterocycles. The average Bonchev–Trinajstić information content (AvgIpc) is 2.88. The molecule has 0 saturated carbocycles. The van der Waals surface area contributed by atoms with E-state index >= 15 is 0 Å². The van der Waals surface area contributed by atoms with Crippen molar-refractivity contribution in [3.05, 3.63) is 30.0 Å². The van der Waals surface area contributed by atoms with E-state index in [1.54, 1.807) is 0 Å². The lowest BCUT2D eigenvalue weighted by molar-refractivity contribution is -0.122. The Hall–Kier alpha value is -1.88. The zero-order valence-corrected chi connectivity index (χ0v) is 13.0. The molecule has 114 valence electrons. The summed E-state index contributed by atoms with van der Waals surface area (Å²) in [7, 11) is 0. The van der Waals surface area contributed by atoms with E-state index in [2.05, 4.69) is 34.8 Å². The predicted octanol–water partition coefficient (Wildman–Crippen LogP) is 2.06. The van der Waals surface area contributed by atoms with Gasteiger partial charge in [0.15, 0.2) is 0 Å². The molecule has 0 aliphatic rings. The van der Waals surface area contributed by atoms with Gasteiger partial charge in [-0.05, 0) is 26.3 Å². The number of aryl methyl sites for hydroxylation is 1. The summed E-state index contributed by atoms with van der Waals surface area (Å²) in [6.45, 7) is 8.16. The molecule has 2 rings (SSSR count). The molecule has 0 fully saturated rings. The van der Waals surface area contributed by atoms with Crippen LogP contribution in [0, 0.1) is 0 Å². The highest BCUT2D eigenvalue weighted by Gasteiger charge is 2.14. The molecular formula is C16H24N4O. The fourth-order valence-corrected chi connectivity index (χ4v) is 2.31. The van der Waals surface area contributed by atoms with Crippen LogP contribution in [0.5, 0.6) is 0 Å². The van der Waals surface area contributed by atoms with E-state index in [0.717, 1.165) is 36.1 Å². The Balaban J connectivity index is 2.05. The number of fused-ring (bicyclic) bond motifs is 1. The van der Waals surface area contributed by atoms with Crippen LogP contribution >= 0.6 is 0 Å². The third kappa shape index (κ3) is 3.61. The minimum atomic E-state index is -0.220. The fraction of sp³-hybridized carbons (Fsp3) is 0.500. The molecule has 5 heteroatoms. The van der Waals surface area contributed by atoms with E-state index in [1.807, 2.05) is 30.7 Å². The maximum absolute atomic E-state index is 11.8. The van der Waals surface area contributed by atoms with Crippen molar-refractivity contribution in [3.8, 4) is 0 Å². The second-order valence-electron chi connectivity index (χ2n) is 5.17. The molecule has 1 amide bonds. The number of carbonyl (C=O) groups is 1. The van der Waals surface area contributed by atoms with Gasteiger partial charge in [-0.2, -0.15) is 5.10 Å². The molecular weight excluding hydrogens is 264 g/mol. The van der Waals surface area contributed by atoms with Crippen molar-refractivity contribution in [1.82, 2.24) is 20.4 Å². The van der Waals surface area contributed by atoms with E-state index in [9.17, 15) is 4.79 Å². The largest absolute Gasteiger partial charge is 0.355 e. The van der Waals surface area contributed by atoms with Crippen molar-refractivity contribution < 1.29 is 4.79 Å². The lowest BCUT2D eigenvalue weighted by atomic mass is 10.2. The standard InChI is InChI=1S/C16H24N4O/c1-4-10-17-16(21)12(3)18-11-14-13-8-6-7-9-15(13)20(5-2)19-14/h6-9,12,18H,4-5,10-11H2,1-3H3,(H,17,21). The Kier molecular flexibility index (Phi) is 5.33. The summed E-state index contributed by atoms with van der Waals surface area (Å²) in [5, 5.41) is 11.9. The predicted molar refractivity (Wildman–Crippen MR) is 85.0 cm³/mol. The summed E-state index contributed by atoms with van der Waals surface area (Å²) in [6, 6.07) is 7.97. The molecule has 2 N–H and O–H groups in total. The topological polar surface area (TPSA) is 59.0 Å². The second kappa shape index (κ2) is 7.22. The maximum Gasteiger partial charge on any atom is 0.236 e. The first-order valence-electron chi connectivity index (χ1n) is 7.62. The van der Waals surface area contributed by atoms with Gasteiger partial charge in [-0.25, -0.2) is 0 Å². The lowest BCUT2D eigenvalue weighted by Crippen LogP contribution is -2.42. The summed E-state index contributed by atoms with van der Waals surface area (Å²) in [4.78, 5) is 11.8. The van der Waals surface area contributed by atoms with Crippen LogP contribution in [-0.4, -0.2) is 28.3 Å². The van der Waals surface area contributed by atoms with Crippen molar-refractivity contribution in [1.29, 1.82) is 0 Å². The van der Waals surface area contributed by atoms with Crippen molar-refractivity contribution in [2.45, 2.75) is 46.3 Å². The zero-order chi connectivity index (χ0) is 15.2. The molecule has 5 nitrogen and oxygen atoms in total. The van der Waals surface area contributed by atoms with Crippen LogP contribution in [0.4, 0.5) is 0 Å². The molecule has 21 heavy (non-hydrogen) atoms. The van der Waals surface area contributed by atoms with Gasteiger partial charge in [0.1, 0.15) is 0 Å². The molecule has 0 radical (unpaired) electrons. The maximum atomic E-state index is 11.8. The monoisotopic (exact) mass is 288 g/mol. The van der Waals surface area contributed by atoms with Gasteiger partial charge in [0.2, 0.25) is 5.91 Å². The number of amides is 1. The van der Waals surface area contributed by atoms with Crippen LogP contribution in [0.1, 0.15) is 32.9 Å². The van der Waals surface area contributed by atoms with E-state index in [0.29, 0.717) is 6.54 Å². The van der Waals surface area contributed by atoms with Gasteiger partial charge in [-0.1, -0.05) is 25.1 Å². The van der Waals surface area contributed by atoms with E-state index < -0.39 is 0 Å². The van der Waals surface area contributed by atoms with E-state index in [4.69, 9.17) is 0 Å². The van der Waals surface area contributed by atoms with Gasteiger partial charge in [0.05, 0.1) is 17.3 Å². The molecule has 2 aromatic rings. The van der Waals surface area contributed by atoms with Crippen LogP contribution in [0.15, 0.2) is 24.3 Å². The highest BCUT2D eigenvalue weighted by Crippen LogP contribution is 2.18. The molecule has 1 aromatic carbocycles. The number of benzene rings is 1. The van der Waals surface area contributed by atoms with Crippen LogP contribution in [0.2, 0.25) is 0 Å². The number of hydrogen-bond acceptors (Lipinski definition) is 3. The summed E-state index contributed by atoms with van der Waals surface area (Å²) in [5.41, 5.74) is 2.13. The highest BCUT2D eigenvalue weighted by atomic mass is 16.2. The summed E-state index contributed by atoms with van der Waals surface area (Å²) in [5.74, 6) is 0.0380. The van der Waals surface area contributed by atoms with Crippen molar-refractivity contribution in [3.63, 3.8) is 0 Å². The highest BCUT2D eigenvalue weighted by molar-refractivity contribution is 5.83. The molecule has 0 saturated heterocycles. The van der Waals surface area contributed by atoms with Crippen molar-refractivity contribution >= 4 is 16.8 Å². The number of rotatable bonds is 7. The quantitative estimate of drug-likeness (QED) is 0.820. The Morgan fingerprint density at radius 1 is 1.33 bits per heavy atom. The molecule has 0 bridgehead atoms. The number of nitrogens with zero attached hydrogens (tertiary/aromatic N) is 2. The normalized spacial score (nSPS) is 12.5. The first kappa shape index (κ1) is 15.5. The smallest absolute Gasteiger partial charge is 0.236 e. The molecule has 1 atom stereocenters. The van der Waals surface area contributed by atoms with Crippen molar-refractivity contribution in [2.24, 2.45) is 0 Å². The summed E-state index contributed by atoms with van der Waals surface area (Å²) < 4.78 is 1.99. The second-order valence-corrected chi connectivity index (χ2v) is 5.17. The van der Waals surface area contributed by atoms with Gasteiger partial charge in [-0.15, -0.1) is 0 Å². The number of carbonyl (C=O) groups excluding carboxylic acids is 1. The minimum absolute atomic E-state index is 0.0380. The minimum Gasteiger partial charge on any atom is -0.355 e. The molecule has 0 spiro atoms. The average molecular weight is 288 g/mol. The summed E-state index contributed by atoms with van der Waals surface area (Å²) in [6.07, 6.45) is 0.948. The van der Waals surface area contributed by atoms with Gasteiger partial charge >= 0.3 is 0 Å². The molecule has 0 aliphatic heterocycles. The molecule has 1 aromatic heterocycles. The van der Waals surface area contributed by atoms with Crippen LogP contribution in [0.3, 0.4) is 0 Å².